The van der Waals surface area contributed by atoms with Gasteiger partial charge in [0, 0.05) is 18.7 Å². The van der Waals surface area contributed by atoms with Gasteiger partial charge in [-0.1, -0.05) is 11.6 Å². The summed E-state index contributed by atoms with van der Waals surface area (Å²) in [7, 11) is 1.24. The van der Waals surface area contributed by atoms with Gasteiger partial charge in [-0.2, -0.15) is 4.39 Å². The predicted molar refractivity (Wildman–Crippen MR) is 59.5 cm³/mol. The Kier molecular flexibility index (Phi) is 3.81. The van der Waals surface area contributed by atoms with Gasteiger partial charge in [-0.25, -0.2) is 4.39 Å². The number of hydrogen-bond acceptors (Lipinski definition) is 3. The number of halogens is 3. The van der Waals surface area contributed by atoms with E-state index < -0.39 is 17.7 Å². The van der Waals surface area contributed by atoms with E-state index in [9.17, 15) is 8.78 Å². The van der Waals surface area contributed by atoms with Crippen LogP contribution in [-0.2, 0) is 4.74 Å². The van der Waals surface area contributed by atoms with Gasteiger partial charge in [0.1, 0.15) is 0 Å². The SMILES string of the molecule is COc1c(Cl)cc(C2CNCCO2)c(F)c1F. The van der Waals surface area contributed by atoms with E-state index in [1.807, 2.05) is 0 Å². The van der Waals surface area contributed by atoms with Crippen molar-refractivity contribution in [2.75, 3.05) is 26.8 Å². The monoisotopic (exact) mass is 263 g/mol. The molecule has 0 saturated carbocycles. The van der Waals surface area contributed by atoms with E-state index in [0.717, 1.165) is 0 Å². The van der Waals surface area contributed by atoms with Crippen LogP contribution in [0.25, 0.3) is 0 Å². The van der Waals surface area contributed by atoms with Crippen molar-refractivity contribution in [2.24, 2.45) is 0 Å². The van der Waals surface area contributed by atoms with Gasteiger partial charge in [0.2, 0.25) is 5.82 Å². The third-order valence-corrected chi connectivity index (χ3v) is 2.90. The molecule has 0 amide bonds. The van der Waals surface area contributed by atoms with Crippen molar-refractivity contribution < 1.29 is 18.3 Å². The average Bonchev–Trinajstić information content (AvgIpc) is 2.35. The highest BCUT2D eigenvalue weighted by molar-refractivity contribution is 6.32. The molecule has 0 bridgehead atoms. The summed E-state index contributed by atoms with van der Waals surface area (Å²) in [5, 5.41) is 3.08. The quantitative estimate of drug-likeness (QED) is 0.831. The van der Waals surface area contributed by atoms with Crippen LogP contribution >= 0.6 is 11.6 Å². The van der Waals surface area contributed by atoms with E-state index in [1.165, 1.54) is 13.2 Å². The third kappa shape index (κ3) is 2.36. The molecule has 0 spiro atoms. The van der Waals surface area contributed by atoms with E-state index >= 15 is 0 Å². The van der Waals surface area contributed by atoms with Crippen LogP contribution in [0.15, 0.2) is 6.07 Å². The Morgan fingerprint density at radius 3 is 2.82 bits per heavy atom. The Morgan fingerprint density at radius 1 is 1.47 bits per heavy atom. The minimum Gasteiger partial charge on any atom is -0.492 e. The zero-order chi connectivity index (χ0) is 12.4. The molecular formula is C11H12ClF2NO2. The Labute approximate surface area is 103 Å². The summed E-state index contributed by atoms with van der Waals surface area (Å²) < 4.78 is 37.5. The van der Waals surface area contributed by atoms with E-state index in [4.69, 9.17) is 21.1 Å². The fourth-order valence-electron chi connectivity index (χ4n) is 1.78. The molecule has 1 aromatic rings. The summed E-state index contributed by atoms with van der Waals surface area (Å²) in [6.07, 6.45) is -0.526. The molecule has 0 radical (unpaired) electrons. The molecular weight excluding hydrogens is 252 g/mol. The van der Waals surface area contributed by atoms with Crippen LogP contribution in [0, 0.1) is 11.6 Å². The van der Waals surface area contributed by atoms with Crippen molar-refractivity contribution in [3.8, 4) is 5.75 Å². The first-order valence-corrected chi connectivity index (χ1v) is 5.56. The number of ether oxygens (including phenoxy) is 2. The molecule has 0 aromatic heterocycles. The van der Waals surface area contributed by atoms with Gasteiger partial charge < -0.3 is 14.8 Å². The largest absolute Gasteiger partial charge is 0.492 e. The fraction of sp³-hybridized carbons (Fsp3) is 0.455. The summed E-state index contributed by atoms with van der Waals surface area (Å²) in [6.45, 7) is 1.58. The molecule has 1 fully saturated rings. The van der Waals surface area contributed by atoms with Crippen LogP contribution < -0.4 is 10.1 Å². The van der Waals surface area contributed by atoms with Crippen LogP contribution in [0.4, 0.5) is 8.78 Å². The van der Waals surface area contributed by atoms with E-state index in [0.29, 0.717) is 19.7 Å². The second-order valence-electron chi connectivity index (χ2n) is 3.67. The van der Waals surface area contributed by atoms with Crippen LogP contribution in [0.2, 0.25) is 5.02 Å². The first-order chi connectivity index (χ1) is 8.15. The smallest absolute Gasteiger partial charge is 0.202 e. The Hall–Kier alpha value is -0.910. The number of rotatable bonds is 2. The van der Waals surface area contributed by atoms with Gasteiger partial charge in [-0.3, -0.25) is 0 Å². The summed E-state index contributed by atoms with van der Waals surface area (Å²) in [5.74, 6) is -2.33. The summed E-state index contributed by atoms with van der Waals surface area (Å²) in [5.41, 5.74) is 0.112. The second kappa shape index (κ2) is 5.16. The molecule has 3 nitrogen and oxygen atoms in total. The predicted octanol–water partition coefficient (Wildman–Crippen LogP) is 2.29. The molecule has 1 N–H and O–H groups in total. The lowest BCUT2D eigenvalue weighted by Crippen LogP contribution is -2.33. The van der Waals surface area contributed by atoms with Gasteiger partial charge in [-0.05, 0) is 6.07 Å². The van der Waals surface area contributed by atoms with Gasteiger partial charge in [0.25, 0.3) is 0 Å². The maximum atomic E-state index is 13.8. The van der Waals surface area contributed by atoms with Crippen molar-refractivity contribution in [1.29, 1.82) is 0 Å². The highest BCUT2D eigenvalue weighted by Crippen LogP contribution is 2.35. The lowest BCUT2D eigenvalue weighted by molar-refractivity contribution is 0.0250. The minimum absolute atomic E-state index is 0.0376. The van der Waals surface area contributed by atoms with Crippen molar-refractivity contribution in [3.05, 3.63) is 28.3 Å². The lowest BCUT2D eigenvalue weighted by atomic mass is 10.1. The first kappa shape index (κ1) is 12.5. The zero-order valence-corrected chi connectivity index (χ0v) is 9.98. The molecule has 1 saturated heterocycles. The van der Waals surface area contributed by atoms with E-state index in [1.54, 1.807) is 0 Å². The van der Waals surface area contributed by atoms with Gasteiger partial charge in [0.15, 0.2) is 11.6 Å². The van der Waals surface area contributed by atoms with Crippen LogP contribution in [0.1, 0.15) is 11.7 Å². The molecule has 6 heteroatoms. The number of nitrogens with one attached hydrogen (secondary N) is 1. The molecule has 1 atom stereocenters. The molecule has 1 aromatic carbocycles. The molecule has 1 unspecified atom stereocenters. The zero-order valence-electron chi connectivity index (χ0n) is 9.23. The van der Waals surface area contributed by atoms with Crippen LogP contribution in [0.5, 0.6) is 5.75 Å². The third-order valence-electron chi connectivity index (χ3n) is 2.62. The van der Waals surface area contributed by atoms with Gasteiger partial charge >= 0.3 is 0 Å². The summed E-state index contributed by atoms with van der Waals surface area (Å²) >= 11 is 5.82. The van der Waals surface area contributed by atoms with Crippen LogP contribution in [0.3, 0.4) is 0 Å². The topological polar surface area (TPSA) is 30.5 Å². The second-order valence-corrected chi connectivity index (χ2v) is 4.08. The highest BCUT2D eigenvalue weighted by atomic mass is 35.5. The van der Waals surface area contributed by atoms with Crippen molar-refractivity contribution in [1.82, 2.24) is 5.32 Å². The number of benzene rings is 1. The van der Waals surface area contributed by atoms with Crippen molar-refractivity contribution in [2.45, 2.75) is 6.10 Å². The molecule has 2 rings (SSSR count). The first-order valence-electron chi connectivity index (χ1n) is 5.19. The number of morpholine rings is 1. The Balaban J connectivity index is 2.40. The number of methoxy groups -OCH3 is 1. The fourth-order valence-corrected chi connectivity index (χ4v) is 2.06. The normalized spacial score (nSPS) is 20.4. The van der Waals surface area contributed by atoms with Gasteiger partial charge in [-0.15, -0.1) is 0 Å². The molecule has 1 aliphatic heterocycles. The molecule has 0 aliphatic carbocycles. The average molecular weight is 264 g/mol. The summed E-state index contributed by atoms with van der Waals surface area (Å²) in [6, 6.07) is 1.34. The molecule has 1 aliphatic rings. The highest BCUT2D eigenvalue weighted by Gasteiger charge is 2.25. The van der Waals surface area contributed by atoms with Crippen molar-refractivity contribution in [3.63, 3.8) is 0 Å². The molecule has 1 heterocycles. The minimum atomic E-state index is -1.08. The van der Waals surface area contributed by atoms with E-state index in [2.05, 4.69) is 5.32 Å². The Bertz CT molecular complexity index is 422. The van der Waals surface area contributed by atoms with Gasteiger partial charge in [0.05, 0.1) is 24.8 Å². The lowest BCUT2D eigenvalue weighted by Gasteiger charge is -2.24. The van der Waals surface area contributed by atoms with Crippen molar-refractivity contribution >= 4 is 11.6 Å². The van der Waals surface area contributed by atoms with Crippen LogP contribution in [-0.4, -0.2) is 26.8 Å². The maximum Gasteiger partial charge on any atom is 0.202 e. The van der Waals surface area contributed by atoms with E-state index in [-0.39, 0.29) is 16.3 Å². The maximum absolute atomic E-state index is 13.8. The summed E-state index contributed by atoms with van der Waals surface area (Å²) in [4.78, 5) is 0. The molecule has 17 heavy (non-hydrogen) atoms. The standard InChI is InChI=1S/C11H12ClF2NO2/c1-16-11-7(12)4-6(9(13)10(11)14)8-5-15-2-3-17-8/h4,8,15H,2-3,5H2,1H3. The number of hydrogen-bond donors (Lipinski definition) is 1. The molecule has 94 valence electrons. The Morgan fingerprint density at radius 2 is 2.24 bits per heavy atom.